The summed E-state index contributed by atoms with van der Waals surface area (Å²) in [7, 11) is 0. The van der Waals surface area contributed by atoms with E-state index < -0.39 is 17.7 Å². The molecule has 3 aliphatic carbocycles. The molecule has 2 bridgehead atoms. The van der Waals surface area contributed by atoms with Gasteiger partial charge in [0.25, 0.3) is 0 Å². The molecule has 16 heavy (non-hydrogen) atoms. The van der Waals surface area contributed by atoms with Gasteiger partial charge in [-0.1, -0.05) is 42.8 Å². The summed E-state index contributed by atoms with van der Waals surface area (Å²) in [5.74, 6) is -0.370. The van der Waals surface area contributed by atoms with Crippen molar-refractivity contribution in [3.8, 4) is 0 Å². The lowest BCUT2D eigenvalue weighted by atomic mass is 9.23. The molecule has 0 radical (unpaired) electrons. The average Bonchev–Trinajstić information content (AvgIpc) is 2.00. The van der Waals surface area contributed by atoms with Crippen LogP contribution in [0.1, 0.15) is 24.8 Å². The largest absolute Gasteiger partial charge is 0.484 e. The first-order valence-corrected chi connectivity index (χ1v) is 5.33. The van der Waals surface area contributed by atoms with Gasteiger partial charge in [-0.2, -0.15) is 0 Å². The lowest BCUT2D eigenvalue weighted by molar-refractivity contribution is -0.0424. The Morgan fingerprint density at radius 2 is 1.56 bits per heavy atom. The molecule has 3 fully saturated rings. The van der Waals surface area contributed by atoms with Gasteiger partial charge in [-0.3, -0.25) is 0 Å². The maximum atomic E-state index is 13.5. The first-order chi connectivity index (χ1) is 7.39. The SMILES string of the molecule is Fc1ccccc1C12CC([B-](F)(F)F)(C1)C2. The zero-order chi connectivity index (χ0) is 11.6. The van der Waals surface area contributed by atoms with Gasteiger partial charge in [0.15, 0.2) is 0 Å². The molecule has 5 heteroatoms. The molecule has 0 amide bonds. The van der Waals surface area contributed by atoms with Gasteiger partial charge >= 0.3 is 6.98 Å². The van der Waals surface area contributed by atoms with E-state index in [-0.39, 0.29) is 25.1 Å². The van der Waals surface area contributed by atoms with Crippen LogP contribution < -0.4 is 0 Å². The Hall–Kier alpha value is -0.995. The molecule has 3 saturated carbocycles. The fourth-order valence-corrected chi connectivity index (χ4v) is 3.39. The second-order valence-corrected chi connectivity index (χ2v) is 5.23. The summed E-state index contributed by atoms with van der Waals surface area (Å²) in [6, 6.07) is 6.18. The molecular formula is C11H10BF4-. The van der Waals surface area contributed by atoms with E-state index in [1.54, 1.807) is 18.2 Å². The van der Waals surface area contributed by atoms with Gasteiger partial charge in [0.2, 0.25) is 0 Å². The first-order valence-electron chi connectivity index (χ1n) is 5.33. The number of rotatable bonds is 2. The van der Waals surface area contributed by atoms with Gasteiger partial charge in [-0.05, 0) is 17.0 Å². The minimum absolute atomic E-state index is 0.0877. The van der Waals surface area contributed by atoms with E-state index in [0.717, 1.165) is 0 Å². The lowest BCUT2D eigenvalue weighted by Crippen LogP contribution is -2.67. The van der Waals surface area contributed by atoms with Crippen molar-refractivity contribution in [1.82, 2.24) is 0 Å². The Labute approximate surface area is 90.7 Å². The molecule has 0 aromatic heterocycles. The van der Waals surface area contributed by atoms with Gasteiger partial charge in [0, 0.05) is 0 Å². The van der Waals surface area contributed by atoms with E-state index in [1.165, 1.54) is 6.07 Å². The Morgan fingerprint density at radius 3 is 2.06 bits per heavy atom. The molecule has 0 saturated heterocycles. The average molecular weight is 229 g/mol. The van der Waals surface area contributed by atoms with Crippen LogP contribution in [-0.4, -0.2) is 6.98 Å². The number of hydrogen-bond donors (Lipinski definition) is 0. The van der Waals surface area contributed by atoms with Crippen LogP contribution in [0.25, 0.3) is 0 Å². The van der Waals surface area contributed by atoms with Crippen LogP contribution in [0, 0.1) is 5.82 Å². The molecule has 0 heterocycles. The molecule has 0 aliphatic heterocycles. The fourth-order valence-electron chi connectivity index (χ4n) is 3.39. The van der Waals surface area contributed by atoms with Crippen molar-refractivity contribution >= 4 is 6.98 Å². The molecular weight excluding hydrogens is 219 g/mol. The highest BCUT2D eigenvalue weighted by molar-refractivity contribution is 6.63. The summed E-state index contributed by atoms with van der Waals surface area (Å²) in [5, 5.41) is -1.44. The van der Waals surface area contributed by atoms with Gasteiger partial charge in [-0.25, -0.2) is 4.39 Å². The third kappa shape index (κ3) is 1.01. The van der Waals surface area contributed by atoms with Crippen molar-refractivity contribution in [1.29, 1.82) is 0 Å². The normalized spacial score (nSPS) is 36.5. The Balaban J connectivity index is 1.87. The summed E-state index contributed by atoms with van der Waals surface area (Å²) in [4.78, 5) is 0. The summed E-state index contributed by atoms with van der Waals surface area (Å²) in [6.45, 7) is -4.77. The van der Waals surface area contributed by atoms with Crippen molar-refractivity contribution < 1.29 is 17.3 Å². The van der Waals surface area contributed by atoms with Crippen LogP contribution >= 0.6 is 0 Å². The maximum absolute atomic E-state index is 13.5. The monoisotopic (exact) mass is 229 g/mol. The van der Waals surface area contributed by atoms with Crippen molar-refractivity contribution in [3.05, 3.63) is 35.6 Å². The zero-order valence-corrected chi connectivity index (χ0v) is 8.52. The number of halogens is 4. The van der Waals surface area contributed by atoms with Crippen molar-refractivity contribution in [2.75, 3.05) is 0 Å². The van der Waals surface area contributed by atoms with Crippen LogP contribution in [0.4, 0.5) is 17.3 Å². The van der Waals surface area contributed by atoms with Crippen LogP contribution in [0.2, 0.25) is 5.31 Å². The van der Waals surface area contributed by atoms with E-state index in [9.17, 15) is 17.3 Å². The quantitative estimate of drug-likeness (QED) is 0.533. The predicted molar refractivity (Wildman–Crippen MR) is 53.7 cm³/mol. The maximum Gasteiger partial charge on any atom is 0.484 e. The first kappa shape index (κ1) is 10.2. The third-order valence-corrected chi connectivity index (χ3v) is 4.21. The van der Waals surface area contributed by atoms with Gasteiger partial charge < -0.3 is 12.9 Å². The molecule has 0 N–H and O–H groups in total. The minimum atomic E-state index is -4.77. The standard InChI is InChI=1S/C11H10BF4/c13-9-4-2-1-3-8(9)10-5-11(6-10,7-10)12(14,15)16/h1-4H,5-7H2/q-1. The van der Waals surface area contributed by atoms with E-state index >= 15 is 0 Å². The van der Waals surface area contributed by atoms with E-state index in [4.69, 9.17) is 0 Å². The van der Waals surface area contributed by atoms with Crippen LogP contribution in [0.3, 0.4) is 0 Å². The van der Waals surface area contributed by atoms with Crippen LogP contribution in [-0.2, 0) is 5.41 Å². The Bertz CT molecular complexity index is 432. The highest BCUT2D eigenvalue weighted by atomic mass is 19.4. The van der Waals surface area contributed by atoms with Crippen molar-refractivity contribution in [3.63, 3.8) is 0 Å². The second-order valence-electron chi connectivity index (χ2n) is 5.23. The molecule has 3 aliphatic rings. The Morgan fingerprint density at radius 1 is 1.00 bits per heavy atom. The number of hydrogen-bond acceptors (Lipinski definition) is 0. The fraction of sp³-hybridized carbons (Fsp3) is 0.455. The molecule has 0 unspecified atom stereocenters. The third-order valence-electron chi connectivity index (χ3n) is 4.21. The molecule has 4 rings (SSSR count). The molecule has 1 aromatic carbocycles. The van der Waals surface area contributed by atoms with Crippen LogP contribution in [0.5, 0.6) is 0 Å². The molecule has 0 spiro atoms. The van der Waals surface area contributed by atoms with E-state index in [2.05, 4.69) is 0 Å². The smallest absolute Gasteiger partial charge is 0.449 e. The molecule has 0 atom stereocenters. The van der Waals surface area contributed by atoms with Crippen molar-refractivity contribution in [2.45, 2.75) is 30.0 Å². The van der Waals surface area contributed by atoms with E-state index in [1.807, 2.05) is 0 Å². The van der Waals surface area contributed by atoms with Gasteiger partial charge in [0.1, 0.15) is 5.82 Å². The summed E-state index contributed by atoms with van der Waals surface area (Å²) in [5.41, 5.74) is -0.0419. The summed E-state index contributed by atoms with van der Waals surface area (Å²) < 4.78 is 51.5. The summed E-state index contributed by atoms with van der Waals surface area (Å²) in [6.07, 6.45) is 0.263. The number of benzene rings is 1. The van der Waals surface area contributed by atoms with Gasteiger partial charge in [0.05, 0.1) is 0 Å². The molecule has 1 aromatic rings. The van der Waals surface area contributed by atoms with Crippen LogP contribution in [0.15, 0.2) is 24.3 Å². The topological polar surface area (TPSA) is 0 Å². The minimum Gasteiger partial charge on any atom is -0.449 e. The summed E-state index contributed by atoms with van der Waals surface area (Å²) >= 11 is 0. The molecule has 86 valence electrons. The lowest BCUT2D eigenvalue weighted by Gasteiger charge is -2.75. The van der Waals surface area contributed by atoms with Crippen molar-refractivity contribution in [2.24, 2.45) is 0 Å². The van der Waals surface area contributed by atoms with Gasteiger partial charge in [-0.15, -0.1) is 0 Å². The van der Waals surface area contributed by atoms with E-state index in [0.29, 0.717) is 5.56 Å². The Kier molecular flexibility index (Phi) is 1.67. The highest BCUT2D eigenvalue weighted by Crippen LogP contribution is 2.82. The zero-order valence-electron chi connectivity index (χ0n) is 8.52. The highest BCUT2D eigenvalue weighted by Gasteiger charge is 2.74. The second kappa shape index (κ2) is 2.63. The molecule has 0 nitrogen and oxygen atoms in total. The predicted octanol–water partition coefficient (Wildman–Crippen LogP) is 3.85.